The summed E-state index contributed by atoms with van der Waals surface area (Å²) in [7, 11) is 0. The Labute approximate surface area is 117 Å². The van der Waals surface area contributed by atoms with Crippen LogP contribution in [0.25, 0.3) is 0 Å². The molecule has 0 saturated carbocycles. The molecule has 0 aromatic heterocycles. The van der Waals surface area contributed by atoms with Gasteiger partial charge in [-0.25, -0.2) is 0 Å². The Balaban J connectivity index is -0.00000000500. The van der Waals surface area contributed by atoms with Gasteiger partial charge >= 0.3 is 54.5 Å². The molecule has 0 atom stereocenters. The van der Waals surface area contributed by atoms with Gasteiger partial charge in [-0.1, -0.05) is 0 Å². The summed E-state index contributed by atoms with van der Waals surface area (Å²) in [6.45, 7) is 0. The van der Waals surface area contributed by atoms with Gasteiger partial charge in [0.15, 0.2) is 0 Å². The molecule has 0 aliphatic carbocycles. The molecule has 0 spiro atoms. The molecule has 0 N–H and O–H groups in total. The van der Waals surface area contributed by atoms with E-state index in [-0.39, 0.29) is 90.9 Å². The van der Waals surface area contributed by atoms with Crippen LogP contribution in [-0.2, 0) is 59.5 Å². The van der Waals surface area contributed by atoms with Crippen LogP contribution in [0.1, 0.15) is 0 Å². The monoisotopic (exact) mass is 525 g/mol. The Bertz CT molecular complexity index is 18.0. The topological polar surface area (TPSA) is 34.1 Å². The third-order valence-electron chi connectivity index (χ3n) is 0. The van der Waals surface area contributed by atoms with E-state index in [1.807, 2.05) is 0 Å². The SMILES string of the molecule is [Mo].[Mo].[O]=[InH].[O]=[InH].[S-]S. The van der Waals surface area contributed by atoms with E-state index in [2.05, 4.69) is 23.3 Å². The second kappa shape index (κ2) is 79.1. The summed E-state index contributed by atoms with van der Waals surface area (Å²) in [5.41, 5.74) is 0. The summed E-state index contributed by atoms with van der Waals surface area (Å²) in [5, 5.41) is 0. The molecule has 0 aromatic rings. The zero-order chi connectivity index (χ0) is 6.00. The normalized spacial score (nSPS) is 1.50. The second-order valence-electron chi connectivity index (χ2n) is 0. The molecular formula is H3In2Mo2O2S2-. The van der Waals surface area contributed by atoms with Crippen molar-refractivity contribution < 1.29 is 47.8 Å². The van der Waals surface area contributed by atoms with Crippen molar-refractivity contribution in [2.75, 3.05) is 0 Å². The fourth-order valence-electron chi connectivity index (χ4n) is 0. The predicted molar refractivity (Wildman–Crippen MR) is 32.0 cm³/mol. The van der Waals surface area contributed by atoms with E-state index in [0.29, 0.717) is 0 Å². The summed E-state index contributed by atoms with van der Waals surface area (Å²) in [6, 6.07) is 0. The number of hydrogen-bond donors (Lipinski definition) is 1. The molecule has 0 aliphatic heterocycles. The summed E-state index contributed by atoms with van der Waals surface area (Å²) >= 11 is 6.69. The first-order valence-corrected chi connectivity index (χ1v) is 5.52. The molecule has 0 aliphatic rings. The zero-order valence-electron chi connectivity index (χ0n) is 3.90. The van der Waals surface area contributed by atoms with Crippen LogP contribution in [0.2, 0.25) is 0 Å². The van der Waals surface area contributed by atoms with Crippen LogP contribution >= 0.6 is 11.7 Å². The Morgan fingerprint density at radius 1 is 0.875 bits per heavy atom. The number of rotatable bonds is 0. The second-order valence-corrected chi connectivity index (χ2v) is 0. The van der Waals surface area contributed by atoms with E-state index in [0.717, 1.165) is 0 Å². The van der Waals surface area contributed by atoms with Crippen LogP contribution in [0, 0.1) is 0 Å². The van der Waals surface area contributed by atoms with E-state index >= 15 is 0 Å². The maximum atomic E-state index is 8.42. The van der Waals surface area contributed by atoms with E-state index in [9.17, 15) is 0 Å². The number of thiol groups is 1. The van der Waals surface area contributed by atoms with Gasteiger partial charge in [0.2, 0.25) is 0 Å². The van der Waals surface area contributed by atoms with Crippen LogP contribution in [0.3, 0.4) is 0 Å². The standard InChI is InChI=1S/2In.2Mo.2O.H2S2.2H/c;;;;;;1-2;;/h;;;;;;1-2H;;/p-1. The smallest absolute Gasteiger partial charge is 0.350 e. The van der Waals surface area contributed by atoms with Crippen LogP contribution in [-0.4, -0.2) is 48.8 Å². The van der Waals surface area contributed by atoms with Gasteiger partial charge in [-0.2, -0.15) is 0 Å². The van der Waals surface area contributed by atoms with Crippen molar-refractivity contribution in [3.8, 4) is 0 Å². The van der Waals surface area contributed by atoms with E-state index in [1.54, 1.807) is 0 Å². The van der Waals surface area contributed by atoms with Gasteiger partial charge in [-0.05, 0) is 0 Å². The fourth-order valence-corrected chi connectivity index (χ4v) is 0. The molecule has 8 heavy (non-hydrogen) atoms. The molecule has 0 radical (unpaired) electrons. The van der Waals surface area contributed by atoms with Crippen molar-refractivity contribution >= 4 is 72.1 Å². The van der Waals surface area contributed by atoms with Crippen LogP contribution in [0.5, 0.6) is 0 Å². The maximum absolute atomic E-state index is 8.42. The van der Waals surface area contributed by atoms with Crippen molar-refractivity contribution in [2.45, 2.75) is 0 Å². The Morgan fingerprint density at radius 2 is 0.875 bits per heavy atom. The Morgan fingerprint density at radius 3 is 0.875 bits per heavy atom. The van der Waals surface area contributed by atoms with E-state index < -0.39 is 0 Å². The molecule has 0 aromatic carbocycles. The average molecular weight is 521 g/mol. The predicted octanol–water partition coefficient (Wildman–Crippen LogP) is -1.16. The average Bonchev–Trinajstić information content (AvgIpc) is 1.81. The van der Waals surface area contributed by atoms with Gasteiger partial charge in [-0.3, -0.25) is 0 Å². The van der Waals surface area contributed by atoms with Crippen LogP contribution < -0.4 is 0 Å². The molecule has 0 bridgehead atoms. The van der Waals surface area contributed by atoms with Crippen LogP contribution in [0.4, 0.5) is 0 Å². The Hall–Kier alpha value is 3.42. The molecule has 0 unspecified atom stereocenters. The summed E-state index contributed by atoms with van der Waals surface area (Å²) in [5.74, 6) is 0. The molecule has 2 nitrogen and oxygen atoms in total. The summed E-state index contributed by atoms with van der Waals surface area (Å²) in [4.78, 5) is 0. The van der Waals surface area contributed by atoms with Crippen molar-refractivity contribution in [3.63, 3.8) is 0 Å². The maximum Gasteiger partial charge on any atom is -0.350 e. The molecule has 0 saturated heterocycles. The van der Waals surface area contributed by atoms with Gasteiger partial charge in [0, 0.05) is 42.1 Å². The third-order valence-corrected chi connectivity index (χ3v) is 0. The number of hydrogen-bond acceptors (Lipinski definition) is 4. The third kappa shape index (κ3) is 57.1. The zero-order valence-corrected chi connectivity index (χ0v) is 17.7. The first-order chi connectivity index (χ1) is 3.00. The van der Waals surface area contributed by atoms with Gasteiger partial charge in [0.05, 0.1) is 0 Å². The molecular weight excluding hydrogens is 518 g/mol. The summed E-state index contributed by atoms with van der Waals surface area (Å²) < 4.78 is 16.8. The van der Waals surface area contributed by atoms with Crippen molar-refractivity contribution in [1.29, 1.82) is 0 Å². The molecule has 8 heteroatoms. The van der Waals surface area contributed by atoms with E-state index in [1.165, 1.54) is 0 Å². The van der Waals surface area contributed by atoms with Crippen molar-refractivity contribution in [3.05, 3.63) is 0 Å². The van der Waals surface area contributed by atoms with Gasteiger partial charge < -0.3 is 23.3 Å². The largest absolute Gasteiger partial charge is 0.723 e. The molecule has 0 fully saturated rings. The first kappa shape index (κ1) is 30.1. The van der Waals surface area contributed by atoms with Crippen molar-refractivity contribution in [1.82, 2.24) is 0 Å². The quantitative estimate of drug-likeness (QED) is 0.189. The minimum atomic E-state index is -0.1000. The van der Waals surface area contributed by atoms with Crippen LogP contribution in [0.15, 0.2) is 0 Å². The minimum Gasteiger partial charge on any atom is -0.723 e. The van der Waals surface area contributed by atoms with Gasteiger partial charge in [-0.15, -0.1) is 0 Å². The Kier molecular flexibility index (Phi) is 298. The van der Waals surface area contributed by atoms with E-state index in [4.69, 9.17) is 5.71 Å². The van der Waals surface area contributed by atoms with Gasteiger partial charge in [0.1, 0.15) is 0 Å². The molecule has 46 valence electrons. The van der Waals surface area contributed by atoms with Crippen molar-refractivity contribution in [2.24, 2.45) is 0 Å². The minimum absolute atomic E-state index is 0. The summed E-state index contributed by atoms with van der Waals surface area (Å²) in [6.07, 6.45) is 0. The van der Waals surface area contributed by atoms with Gasteiger partial charge in [0.25, 0.3) is 0 Å². The molecule has 0 heterocycles. The molecule has 0 rings (SSSR count). The molecule has 0 amide bonds. The first-order valence-electron chi connectivity index (χ1n) is 0.760. The fraction of sp³-hybridized carbons (Fsp3) is 0.